The third kappa shape index (κ3) is 2.01. The second-order valence-corrected chi connectivity index (χ2v) is 2.14. The Hall–Kier alpha value is -0.570. The van der Waals surface area contributed by atoms with Crippen LogP contribution in [0.5, 0.6) is 0 Å². The van der Waals surface area contributed by atoms with Crippen molar-refractivity contribution >= 4 is 6.34 Å². The van der Waals surface area contributed by atoms with Gasteiger partial charge in [0.2, 0.25) is 0 Å². The molecule has 1 aliphatic rings. The fourth-order valence-corrected chi connectivity index (χ4v) is 0.956. The highest BCUT2D eigenvalue weighted by atomic mass is 16.5. The van der Waals surface area contributed by atoms with E-state index in [0.717, 1.165) is 26.1 Å². The molecule has 1 heterocycles. The second-order valence-electron chi connectivity index (χ2n) is 2.14. The van der Waals surface area contributed by atoms with Crippen molar-refractivity contribution in [3.63, 3.8) is 0 Å². The van der Waals surface area contributed by atoms with Gasteiger partial charge in [0.15, 0.2) is 0 Å². The van der Waals surface area contributed by atoms with Crippen molar-refractivity contribution in [2.75, 3.05) is 13.2 Å². The van der Waals surface area contributed by atoms with Crippen molar-refractivity contribution < 1.29 is 4.74 Å². The minimum absolute atomic E-state index is 0.420. The van der Waals surface area contributed by atoms with Crippen LogP contribution in [0.15, 0.2) is 4.99 Å². The summed E-state index contributed by atoms with van der Waals surface area (Å²) < 4.78 is 5.13. The van der Waals surface area contributed by atoms with Gasteiger partial charge in [-0.15, -0.1) is 0 Å². The predicted octanol–water partition coefficient (Wildman–Crippen LogP) is 0.152. The smallest absolute Gasteiger partial charge is 0.0801 e. The number of nitrogens with zero attached hydrogens (tertiary/aromatic N) is 1. The first-order valence-corrected chi connectivity index (χ1v) is 3.24. The molecule has 0 aromatic heterocycles. The molecular formula is C6H12N2O. The number of hydrogen-bond acceptors (Lipinski definition) is 2. The molecule has 0 bridgehead atoms. The van der Waals surface area contributed by atoms with Crippen LogP contribution < -0.4 is 5.73 Å². The largest absolute Gasteiger partial charge is 0.390 e. The van der Waals surface area contributed by atoms with E-state index in [1.165, 1.54) is 6.34 Å². The normalized spacial score (nSPS) is 23.1. The summed E-state index contributed by atoms with van der Waals surface area (Å²) in [5, 5.41) is 0. The monoisotopic (exact) mass is 128 g/mol. The van der Waals surface area contributed by atoms with Gasteiger partial charge in [-0.2, -0.15) is 0 Å². The first kappa shape index (κ1) is 6.55. The van der Waals surface area contributed by atoms with Crippen LogP contribution in [-0.4, -0.2) is 25.6 Å². The van der Waals surface area contributed by atoms with Crippen molar-refractivity contribution in [1.29, 1.82) is 0 Å². The lowest BCUT2D eigenvalue weighted by atomic mass is 10.1. The minimum Gasteiger partial charge on any atom is -0.390 e. The summed E-state index contributed by atoms with van der Waals surface area (Å²) in [4.78, 5) is 4.06. The molecule has 0 radical (unpaired) electrons. The number of ether oxygens (including phenoxy) is 1. The molecule has 3 nitrogen and oxygen atoms in total. The van der Waals surface area contributed by atoms with Crippen LogP contribution >= 0.6 is 0 Å². The summed E-state index contributed by atoms with van der Waals surface area (Å²) in [6.45, 7) is 1.67. The average Bonchev–Trinajstić information content (AvgIpc) is 1.91. The van der Waals surface area contributed by atoms with Crippen LogP contribution in [0, 0.1) is 0 Å². The summed E-state index contributed by atoms with van der Waals surface area (Å²) in [6, 6.07) is 0.420. The first-order valence-electron chi connectivity index (χ1n) is 3.24. The van der Waals surface area contributed by atoms with E-state index in [1.807, 2.05) is 0 Å². The Bertz CT molecular complexity index is 97.2. The number of rotatable bonds is 1. The summed E-state index contributed by atoms with van der Waals surface area (Å²) in [5.74, 6) is 0. The zero-order valence-corrected chi connectivity index (χ0v) is 5.42. The highest BCUT2D eigenvalue weighted by molar-refractivity contribution is 5.51. The quantitative estimate of drug-likeness (QED) is 0.403. The van der Waals surface area contributed by atoms with Crippen LogP contribution in [0.25, 0.3) is 0 Å². The van der Waals surface area contributed by atoms with Crippen molar-refractivity contribution in [3.8, 4) is 0 Å². The Balaban J connectivity index is 2.23. The Morgan fingerprint density at radius 2 is 2.11 bits per heavy atom. The van der Waals surface area contributed by atoms with Crippen LogP contribution in [0.1, 0.15) is 12.8 Å². The molecule has 0 aliphatic carbocycles. The van der Waals surface area contributed by atoms with E-state index >= 15 is 0 Å². The SMILES string of the molecule is NC=NC1CCOCC1. The van der Waals surface area contributed by atoms with Gasteiger partial charge in [-0.1, -0.05) is 0 Å². The van der Waals surface area contributed by atoms with Gasteiger partial charge in [0.05, 0.1) is 12.4 Å². The van der Waals surface area contributed by atoms with Crippen molar-refractivity contribution in [2.24, 2.45) is 10.7 Å². The second kappa shape index (κ2) is 3.45. The topological polar surface area (TPSA) is 47.6 Å². The van der Waals surface area contributed by atoms with Crippen LogP contribution in [0.3, 0.4) is 0 Å². The van der Waals surface area contributed by atoms with Crippen LogP contribution in [-0.2, 0) is 4.74 Å². The zero-order chi connectivity index (χ0) is 6.53. The first-order chi connectivity index (χ1) is 4.43. The molecule has 0 saturated carbocycles. The lowest BCUT2D eigenvalue weighted by Crippen LogP contribution is -2.19. The molecule has 2 N–H and O–H groups in total. The molecule has 3 heteroatoms. The molecule has 1 aliphatic heterocycles. The number of hydrogen-bond donors (Lipinski definition) is 1. The number of nitrogens with two attached hydrogens (primary N) is 1. The molecule has 52 valence electrons. The molecule has 0 amide bonds. The van der Waals surface area contributed by atoms with Gasteiger partial charge in [0.1, 0.15) is 0 Å². The molecule has 0 spiro atoms. The van der Waals surface area contributed by atoms with Crippen LogP contribution in [0.2, 0.25) is 0 Å². The predicted molar refractivity (Wildman–Crippen MR) is 36.5 cm³/mol. The maximum atomic E-state index is 5.13. The maximum Gasteiger partial charge on any atom is 0.0801 e. The summed E-state index contributed by atoms with van der Waals surface area (Å²) in [6.07, 6.45) is 3.43. The zero-order valence-electron chi connectivity index (χ0n) is 5.42. The van der Waals surface area contributed by atoms with Crippen molar-refractivity contribution in [1.82, 2.24) is 0 Å². The van der Waals surface area contributed by atoms with Crippen molar-refractivity contribution in [2.45, 2.75) is 18.9 Å². The molecule has 0 aromatic rings. The van der Waals surface area contributed by atoms with E-state index in [9.17, 15) is 0 Å². The summed E-state index contributed by atoms with van der Waals surface area (Å²) >= 11 is 0. The molecule has 0 aromatic carbocycles. The van der Waals surface area contributed by atoms with E-state index in [-0.39, 0.29) is 0 Å². The third-order valence-electron chi connectivity index (χ3n) is 1.49. The maximum absolute atomic E-state index is 5.13. The molecule has 1 fully saturated rings. The molecule has 9 heavy (non-hydrogen) atoms. The molecular weight excluding hydrogens is 116 g/mol. The van der Waals surface area contributed by atoms with Gasteiger partial charge < -0.3 is 10.5 Å². The highest BCUT2D eigenvalue weighted by Gasteiger charge is 2.10. The summed E-state index contributed by atoms with van der Waals surface area (Å²) in [7, 11) is 0. The Morgan fingerprint density at radius 1 is 1.44 bits per heavy atom. The lowest BCUT2D eigenvalue weighted by Gasteiger charge is -2.17. The van der Waals surface area contributed by atoms with Gasteiger partial charge in [-0.3, -0.25) is 4.99 Å². The van der Waals surface area contributed by atoms with E-state index in [1.54, 1.807) is 0 Å². The van der Waals surface area contributed by atoms with Gasteiger partial charge in [-0.25, -0.2) is 0 Å². The minimum atomic E-state index is 0.420. The molecule has 0 unspecified atom stereocenters. The fraction of sp³-hybridized carbons (Fsp3) is 0.833. The van der Waals surface area contributed by atoms with E-state index in [0.29, 0.717) is 6.04 Å². The lowest BCUT2D eigenvalue weighted by molar-refractivity contribution is 0.0872. The van der Waals surface area contributed by atoms with E-state index < -0.39 is 0 Å². The third-order valence-corrected chi connectivity index (χ3v) is 1.49. The highest BCUT2D eigenvalue weighted by Crippen LogP contribution is 2.08. The van der Waals surface area contributed by atoms with Gasteiger partial charge in [0, 0.05) is 13.2 Å². The fourth-order valence-electron chi connectivity index (χ4n) is 0.956. The Morgan fingerprint density at radius 3 is 2.67 bits per heavy atom. The summed E-state index contributed by atoms with van der Waals surface area (Å²) in [5.41, 5.74) is 5.13. The average molecular weight is 128 g/mol. The van der Waals surface area contributed by atoms with Crippen molar-refractivity contribution in [3.05, 3.63) is 0 Å². The molecule has 1 rings (SSSR count). The standard InChI is InChI=1S/C6H12N2O/c7-5-8-6-1-3-9-4-2-6/h5-6H,1-4H2,(H2,7,8). The van der Waals surface area contributed by atoms with Gasteiger partial charge in [0.25, 0.3) is 0 Å². The van der Waals surface area contributed by atoms with E-state index in [2.05, 4.69) is 4.99 Å². The Kier molecular flexibility index (Phi) is 2.51. The Labute approximate surface area is 54.9 Å². The molecule has 1 saturated heterocycles. The van der Waals surface area contributed by atoms with Gasteiger partial charge in [-0.05, 0) is 12.8 Å². The molecule has 0 atom stereocenters. The van der Waals surface area contributed by atoms with Gasteiger partial charge >= 0.3 is 0 Å². The van der Waals surface area contributed by atoms with Crippen LogP contribution in [0.4, 0.5) is 0 Å². The number of aliphatic imine (C=N–C) groups is 1. The van der Waals surface area contributed by atoms with E-state index in [4.69, 9.17) is 10.5 Å².